The van der Waals surface area contributed by atoms with E-state index in [1.165, 1.54) is 6.33 Å². The molecular formula is C19H17ClN4O3. The van der Waals surface area contributed by atoms with Crippen molar-refractivity contribution in [3.63, 3.8) is 0 Å². The summed E-state index contributed by atoms with van der Waals surface area (Å²) in [5, 5.41) is 15.2. The predicted molar refractivity (Wildman–Crippen MR) is 103 cm³/mol. The number of ether oxygens (including phenoxy) is 1. The van der Waals surface area contributed by atoms with Gasteiger partial charge in [-0.2, -0.15) is 4.98 Å². The third-order valence-corrected chi connectivity index (χ3v) is 4.01. The molecule has 27 heavy (non-hydrogen) atoms. The van der Waals surface area contributed by atoms with Gasteiger partial charge in [-0.15, -0.1) is 0 Å². The maximum atomic E-state index is 11.6. The molecule has 0 fully saturated rings. The number of nitrogens with one attached hydrogen (secondary N) is 1. The lowest BCUT2D eigenvalue weighted by Gasteiger charge is -2.10. The van der Waals surface area contributed by atoms with Gasteiger partial charge in [-0.3, -0.25) is 10.1 Å². The standard InChI is InChI=1S/C19H17ClN4O3/c1-12-7-13(2)9-16(8-12)27-19-17(24(25)26)18(22-11-23-19)21-10-14-3-5-15(20)6-4-14/h3-9,11H,10H2,1-2H3,(H,21,22,23). The van der Waals surface area contributed by atoms with Gasteiger partial charge in [0.1, 0.15) is 12.1 Å². The molecule has 0 unspecified atom stereocenters. The molecule has 0 saturated heterocycles. The largest absolute Gasteiger partial charge is 0.434 e. The molecule has 0 spiro atoms. The predicted octanol–water partition coefficient (Wildman–Crippen LogP) is 5.06. The Morgan fingerprint density at radius 1 is 1.11 bits per heavy atom. The molecule has 1 aromatic heterocycles. The van der Waals surface area contributed by atoms with E-state index in [9.17, 15) is 10.1 Å². The van der Waals surface area contributed by atoms with E-state index in [1.54, 1.807) is 24.3 Å². The summed E-state index contributed by atoms with van der Waals surface area (Å²) in [6.45, 7) is 4.19. The summed E-state index contributed by atoms with van der Waals surface area (Å²) in [5.74, 6) is 0.459. The smallest absolute Gasteiger partial charge is 0.373 e. The van der Waals surface area contributed by atoms with Crippen molar-refractivity contribution in [1.82, 2.24) is 9.97 Å². The number of nitrogens with zero attached hydrogens (tertiary/aromatic N) is 3. The zero-order chi connectivity index (χ0) is 19.4. The number of nitro groups is 1. The Bertz CT molecular complexity index is 957. The highest BCUT2D eigenvalue weighted by atomic mass is 35.5. The molecule has 0 bridgehead atoms. The normalized spacial score (nSPS) is 10.5. The number of aromatic nitrogens is 2. The molecule has 0 aliphatic rings. The van der Waals surface area contributed by atoms with Crippen LogP contribution in [0, 0.1) is 24.0 Å². The summed E-state index contributed by atoms with van der Waals surface area (Å²) in [7, 11) is 0. The van der Waals surface area contributed by atoms with Crippen LogP contribution in [0.5, 0.6) is 11.6 Å². The minimum absolute atomic E-state index is 0.0873. The van der Waals surface area contributed by atoms with Crippen LogP contribution in [0.4, 0.5) is 11.5 Å². The topological polar surface area (TPSA) is 90.2 Å². The molecule has 0 saturated carbocycles. The minimum Gasteiger partial charge on any atom is -0.434 e. The van der Waals surface area contributed by atoms with Crippen molar-refractivity contribution >= 4 is 23.1 Å². The molecule has 8 heteroatoms. The average molecular weight is 385 g/mol. The molecule has 0 amide bonds. The highest BCUT2D eigenvalue weighted by molar-refractivity contribution is 6.30. The van der Waals surface area contributed by atoms with Crippen molar-refractivity contribution in [2.24, 2.45) is 0 Å². The van der Waals surface area contributed by atoms with Crippen LogP contribution in [0.25, 0.3) is 0 Å². The van der Waals surface area contributed by atoms with Crippen LogP contribution in [-0.2, 0) is 6.54 Å². The quantitative estimate of drug-likeness (QED) is 0.472. The van der Waals surface area contributed by atoms with E-state index in [-0.39, 0.29) is 17.4 Å². The van der Waals surface area contributed by atoms with E-state index in [1.807, 2.05) is 32.0 Å². The van der Waals surface area contributed by atoms with Gasteiger partial charge >= 0.3 is 11.6 Å². The molecule has 138 valence electrons. The van der Waals surface area contributed by atoms with Gasteiger partial charge in [-0.25, -0.2) is 4.98 Å². The maximum Gasteiger partial charge on any atom is 0.373 e. The van der Waals surface area contributed by atoms with Gasteiger partial charge in [0.05, 0.1) is 4.92 Å². The van der Waals surface area contributed by atoms with Crippen molar-refractivity contribution in [1.29, 1.82) is 0 Å². The average Bonchev–Trinajstić information content (AvgIpc) is 2.60. The van der Waals surface area contributed by atoms with Crippen LogP contribution in [0.1, 0.15) is 16.7 Å². The first-order chi connectivity index (χ1) is 12.9. The number of aryl methyl sites for hydroxylation is 2. The molecule has 2 aromatic carbocycles. The van der Waals surface area contributed by atoms with E-state index in [0.717, 1.165) is 16.7 Å². The van der Waals surface area contributed by atoms with E-state index < -0.39 is 4.92 Å². The summed E-state index contributed by atoms with van der Waals surface area (Å²) in [6, 6.07) is 12.7. The Kier molecular flexibility index (Phi) is 5.52. The molecule has 1 heterocycles. The Morgan fingerprint density at radius 3 is 2.41 bits per heavy atom. The van der Waals surface area contributed by atoms with Crippen LogP contribution >= 0.6 is 11.6 Å². The van der Waals surface area contributed by atoms with E-state index in [4.69, 9.17) is 16.3 Å². The van der Waals surface area contributed by atoms with Gasteiger partial charge in [0, 0.05) is 11.6 Å². The molecule has 0 atom stereocenters. The van der Waals surface area contributed by atoms with Gasteiger partial charge in [0.2, 0.25) is 5.82 Å². The van der Waals surface area contributed by atoms with Gasteiger partial charge in [-0.05, 0) is 54.8 Å². The maximum absolute atomic E-state index is 11.6. The zero-order valence-electron chi connectivity index (χ0n) is 14.8. The Balaban J connectivity index is 1.87. The molecule has 0 aliphatic heterocycles. The number of hydrogen-bond donors (Lipinski definition) is 1. The summed E-state index contributed by atoms with van der Waals surface area (Å²) in [6.07, 6.45) is 1.23. The number of benzene rings is 2. The lowest BCUT2D eigenvalue weighted by atomic mass is 10.1. The van der Waals surface area contributed by atoms with Gasteiger partial charge in [0.25, 0.3) is 0 Å². The fourth-order valence-corrected chi connectivity index (χ4v) is 2.75. The Morgan fingerprint density at radius 2 is 1.78 bits per heavy atom. The van der Waals surface area contributed by atoms with Crippen molar-refractivity contribution in [3.8, 4) is 11.6 Å². The summed E-state index contributed by atoms with van der Waals surface area (Å²) in [4.78, 5) is 19.0. The number of anilines is 1. The second-order valence-corrected chi connectivity index (χ2v) is 6.48. The SMILES string of the molecule is Cc1cc(C)cc(Oc2ncnc(NCc3ccc(Cl)cc3)c2[N+](=O)[O-])c1. The second kappa shape index (κ2) is 8.01. The monoisotopic (exact) mass is 384 g/mol. The van der Waals surface area contributed by atoms with Crippen LogP contribution in [0.3, 0.4) is 0 Å². The van der Waals surface area contributed by atoms with Crippen LogP contribution in [0.2, 0.25) is 5.02 Å². The highest BCUT2D eigenvalue weighted by Gasteiger charge is 2.25. The number of hydrogen-bond acceptors (Lipinski definition) is 6. The van der Waals surface area contributed by atoms with Crippen molar-refractivity contribution in [3.05, 3.63) is 80.6 Å². The fraction of sp³-hybridized carbons (Fsp3) is 0.158. The molecule has 3 rings (SSSR count). The summed E-state index contributed by atoms with van der Waals surface area (Å²) < 4.78 is 5.69. The van der Waals surface area contributed by atoms with Crippen molar-refractivity contribution in [2.45, 2.75) is 20.4 Å². The minimum atomic E-state index is -0.553. The molecule has 0 aliphatic carbocycles. The lowest BCUT2D eigenvalue weighted by Crippen LogP contribution is -2.07. The van der Waals surface area contributed by atoms with E-state index in [2.05, 4.69) is 15.3 Å². The Labute approximate surface area is 161 Å². The molecule has 0 radical (unpaired) electrons. The van der Waals surface area contributed by atoms with Gasteiger partial charge < -0.3 is 10.1 Å². The first-order valence-corrected chi connectivity index (χ1v) is 8.54. The number of rotatable bonds is 6. The van der Waals surface area contributed by atoms with Crippen LogP contribution < -0.4 is 10.1 Å². The third-order valence-electron chi connectivity index (χ3n) is 3.75. The lowest BCUT2D eigenvalue weighted by molar-refractivity contribution is -0.385. The van der Waals surface area contributed by atoms with Crippen LogP contribution in [-0.4, -0.2) is 14.9 Å². The molecule has 7 nitrogen and oxygen atoms in total. The van der Waals surface area contributed by atoms with Crippen LogP contribution in [0.15, 0.2) is 48.8 Å². The zero-order valence-corrected chi connectivity index (χ0v) is 15.5. The summed E-state index contributed by atoms with van der Waals surface area (Å²) >= 11 is 5.87. The third kappa shape index (κ3) is 4.71. The van der Waals surface area contributed by atoms with E-state index >= 15 is 0 Å². The van der Waals surface area contributed by atoms with Gasteiger partial charge in [-0.1, -0.05) is 29.8 Å². The molecule has 3 aromatic rings. The van der Waals surface area contributed by atoms with Crippen molar-refractivity contribution in [2.75, 3.05) is 5.32 Å². The first-order valence-electron chi connectivity index (χ1n) is 8.16. The fourth-order valence-electron chi connectivity index (χ4n) is 2.62. The number of halogens is 1. The molecule has 1 N–H and O–H groups in total. The van der Waals surface area contributed by atoms with E-state index in [0.29, 0.717) is 17.3 Å². The Hall–Kier alpha value is -3.19. The molecular weight excluding hydrogens is 368 g/mol. The summed E-state index contributed by atoms with van der Waals surface area (Å²) in [5.41, 5.74) is 2.57. The second-order valence-electron chi connectivity index (χ2n) is 6.04. The first kappa shape index (κ1) is 18.6. The van der Waals surface area contributed by atoms with Gasteiger partial charge in [0.15, 0.2) is 0 Å². The van der Waals surface area contributed by atoms with Crippen molar-refractivity contribution < 1.29 is 9.66 Å². The highest BCUT2D eigenvalue weighted by Crippen LogP contribution is 2.34.